The highest BCUT2D eigenvalue weighted by Gasteiger charge is 2.25. The molecule has 1 aliphatic heterocycles. The van der Waals surface area contributed by atoms with Gasteiger partial charge in [0.15, 0.2) is 0 Å². The van der Waals surface area contributed by atoms with Crippen LogP contribution in [0.4, 0.5) is 5.69 Å². The van der Waals surface area contributed by atoms with Crippen LogP contribution in [0.15, 0.2) is 54.6 Å². The number of hydrogen-bond acceptors (Lipinski definition) is 4. The first-order valence-corrected chi connectivity index (χ1v) is 11.1. The van der Waals surface area contributed by atoms with Gasteiger partial charge in [0, 0.05) is 39.3 Å². The number of nitrogens with one attached hydrogen (secondary N) is 1. The van der Waals surface area contributed by atoms with E-state index in [0.29, 0.717) is 0 Å². The number of benzene rings is 2. The van der Waals surface area contributed by atoms with E-state index in [1.807, 2.05) is 30.3 Å². The van der Waals surface area contributed by atoms with E-state index in [9.17, 15) is 4.79 Å². The van der Waals surface area contributed by atoms with E-state index in [1.54, 1.807) is 7.11 Å². The van der Waals surface area contributed by atoms with Crippen molar-refractivity contribution in [3.63, 3.8) is 0 Å². The number of nitrogens with zero attached hydrogens (tertiary/aromatic N) is 2. The fourth-order valence-corrected chi connectivity index (χ4v) is 4.05. The number of amides is 1. The Kier molecular flexibility index (Phi) is 8.57. The molecule has 0 spiro atoms. The van der Waals surface area contributed by atoms with Crippen LogP contribution in [0.2, 0.25) is 0 Å². The van der Waals surface area contributed by atoms with Gasteiger partial charge in [0.2, 0.25) is 5.91 Å². The molecular weight excluding hydrogens is 374 g/mol. The van der Waals surface area contributed by atoms with Crippen LogP contribution in [0, 0.1) is 5.92 Å². The molecule has 30 heavy (non-hydrogen) atoms. The number of anilines is 1. The van der Waals surface area contributed by atoms with Crippen LogP contribution < -0.4 is 15.0 Å². The molecule has 1 unspecified atom stereocenters. The Morgan fingerprint density at radius 1 is 1.03 bits per heavy atom. The smallest absolute Gasteiger partial charge is 0.224 e. The maximum Gasteiger partial charge on any atom is 0.224 e. The number of ether oxygens (including phenoxy) is 1. The summed E-state index contributed by atoms with van der Waals surface area (Å²) >= 11 is 0. The molecule has 3 rings (SSSR count). The molecule has 1 aliphatic rings. The summed E-state index contributed by atoms with van der Waals surface area (Å²) in [7, 11) is 1.72. The lowest BCUT2D eigenvalue weighted by Crippen LogP contribution is -2.50. The Morgan fingerprint density at radius 3 is 2.43 bits per heavy atom. The van der Waals surface area contributed by atoms with Gasteiger partial charge in [-0.05, 0) is 30.5 Å². The molecule has 0 bridgehead atoms. The molecule has 0 radical (unpaired) electrons. The Balaban J connectivity index is 1.59. The number of carbonyl (C=O) groups excluding carboxylic acids is 1. The van der Waals surface area contributed by atoms with Gasteiger partial charge >= 0.3 is 0 Å². The summed E-state index contributed by atoms with van der Waals surface area (Å²) in [5.74, 6) is 1.07. The predicted molar refractivity (Wildman–Crippen MR) is 123 cm³/mol. The predicted octanol–water partition coefficient (Wildman–Crippen LogP) is 3.59. The molecule has 5 nitrogen and oxygen atoms in total. The lowest BCUT2D eigenvalue weighted by molar-refractivity contribution is -0.125. The van der Waals surface area contributed by atoms with Crippen LogP contribution in [0.1, 0.15) is 25.3 Å². The van der Waals surface area contributed by atoms with E-state index in [4.69, 9.17) is 4.74 Å². The molecule has 5 heteroatoms. The van der Waals surface area contributed by atoms with Crippen molar-refractivity contribution in [1.29, 1.82) is 0 Å². The standard InChI is InChI=1S/C25H35N3O2/c1-3-4-14-26-25(29)22(19-21-10-6-5-7-11-21)20-27-15-17-28(18-16-27)23-12-8-9-13-24(23)30-2/h5-13,22H,3-4,14-20H2,1-2H3,(H,26,29). The van der Waals surface area contributed by atoms with Gasteiger partial charge in [0.05, 0.1) is 18.7 Å². The molecule has 0 saturated carbocycles. The Morgan fingerprint density at radius 2 is 1.73 bits per heavy atom. The van der Waals surface area contributed by atoms with Crippen molar-refractivity contribution < 1.29 is 9.53 Å². The zero-order chi connectivity index (χ0) is 21.2. The molecule has 162 valence electrons. The highest BCUT2D eigenvalue weighted by Crippen LogP contribution is 2.28. The highest BCUT2D eigenvalue weighted by molar-refractivity contribution is 5.79. The third-order valence-corrected chi connectivity index (χ3v) is 5.80. The van der Waals surface area contributed by atoms with E-state index in [2.05, 4.69) is 46.3 Å². The monoisotopic (exact) mass is 409 g/mol. The normalized spacial score (nSPS) is 15.6. The van der Waals surface area contributed by atoms with Crippen LogP contribution in [0.5, 0.6) is 5.75 Å². The number of unbranched alkanes of at least 4 members (excludes halogenated alkanes) is 1. The minimum atomic E-state index is -0.0259. The van der Waals surface area contributed by atoms with Crippen LogP contribution in [-0.4, -0.2) is 57.2 Å². The largest absolute Gasteiger partial charge is 0.495 e. The van der Waals surface area contributed by atoms with E-state index < -0.39 is 0 Å². The summed E-state index contributed by atoms with van der Waals surface area (Å²) in [5, 5.41) is 3.15. The zero-order valence-corrected chi connectivity index (χ0v) is 18.3. The van der Waals surface area contributed by atoms with Gasteiger partial charge in [0.1, 0.15) is 5.75 Å². The van der Waals surface area contributed by atoms with Crippen molar-refractivity contribution in [2.45, 2.75) is 26.2 Å². The molecular formula is C25H35N3O2. The molecule has 0 aliphatic carbocycles. The van der Waals surface area contributed by atoms with E-state index in [0.717, 1.165) is 70.0 Å². The Labute approximate surface area is 181 Å². The summed E-state index contributed by atoms with van der Waals surface area (Å²) in [6, 6.07) is 18.5. The first-order valence-electron chi connectivity index (χ1n) is 11.1. The quantitative estimate of drug-likeness (QED) is 0.609. The molecule has 1 atom stereocenters. The van der Waals surface area contributed by atoms with Gasteiger partial charge in [-0.25, -0.2) is 0 Å². The highest BCUT2D eigenvalue weighted by atomic mass is 16.5. The van der Waals surface area contributed by atoms with Crippen molar-refractivity contribution in [1.82, 2.24) is 10.2 Å². The van der Waals surface area contributed by atoms with Gasteiger partial charge in [0.25, 0.3) is 0 Å². The summed E-state index contributed by atoms with van der Waals surface area (Å²) < 4.78 is 5.53. The Bertz CT molecular complexity index is 773. The second-order valence-corrected chi connectivity index (χ2v) is 7.99. The molecule has 1 saturated heterocycles. The van der Waals surface area contributed by atoms with Gasteiger partial charge < -0.3 is 15.0 Å². The fourth-order valence-electron chi connectivity index (χ4n) is 4.05. The maximum atomic E-state index is 12.9. The first-order chi connectivity index (χ1) is 14.7. The van der Waals surface area contributed by atoms with Crippen LogP contribution in [0.25, 0.3) is 0 Å². The molecule has 1 N–H and O–H groups in total. The van der Waals surface area contributed by atoms with Crippen molar-refractivity contribution in [2.75, 3.05) is 51.3 Å². The molecule has 2 aromatic carbocycles. The minimum Gasteiger partial charge on any atom is -0.495 e. The zero-order valence-electron chi connectivity index (χ0n) is 18.3. The van der Waals surface area contributed by atoms with Gasteiger partial charge in [-0.1, -0.05) is 55.8 Å². The first kappa shape index (κ1) is 22.2. The fraction of sp³-hybridized carbons (Fsp3) is 0.480. The number of rotatable bonds is 10. The Hall–Kier alpha value is -2.53. The number of carbonyl (C=O) groups is 1. The topological polar surface area (TPSA) is 44.8 Å². The van der Waals surface area contributed by atoms with E-state index >= 15 is 0 Å². The summed E-state index contributed by atoms with van der Waals surface area (Å²) in [4.78, 5) is 17.7. The molecule has 2 aromatic rings. The lowest BCUT2D eigenvalue weighted by Gasteiger charge is -2.37. The number of methoxy groups -OCH3 is 1. The lowest BCUT2D eigenvalue weighted by atomic mass is 9.97. The minimum absolute atomic E-state index is 0.0259. The van der Waals surface area contributed by atoms with E-state index in [1.165, 1.54) is 5.56 Å². The SMILES string of the molecule is CCCCNC(=O)C(Cc1ccccc1)CN1CCN(c2ccccc2OC)CC1. The van der Waals surface area contributed by atoms with Crippen molar-refractivity contribution in [3.8, 4) is 5.75 Å². The second-order valence-electron chi connectivity index (χ2n) is 7.99. The van der Waals surface area contributed by atoms with Crippen molar-refractivity contribution in [3.05, 3.63) is 60.2 Å². The molecule has 0 aromatic heterocycles. The van der Waals surface area contributed by atoms with Gasteiger partial charge in [-0.3, -0.25) is 9.69 Å². The summed E-state index contributed by atoms with van der Waals surface area (Å²) in [6.45, 7) is 7.49. The van der Waals surface area contributed by atoms with Gasteiger partial charge in [-0.15, -0.1) is 0 Å². The summed E-state index contributed by atoms with van der Waals surface area (Å²) in [6.07, 6.45) is 2.90. The second kappa shape index (κ2) is 11.6. The molecule has 1 amide bonds. The number of piperazine rings is 1. The van der Waals surface area contributed by atoms with Crippen LogP contribution in [0.3, 0.4) is 0 Å². The summed E-state index contributed by atoms with van der Waals surface area (Å²) in [5.41, 5.74) is 2.37. The number of hydrogen-bond donors (Lipinski definition) is 1. The molecule has 1 heterocycles. The van der Waals surface area contributed by atoms with Crippen LogP contribution >= 0.6 is 0 Å². The average molecular weight is 410 g/mol. The van der Waals surface area contributed by atoms with Crippen molar-refractivity contribution in [2.24, 2.45) is 5.92 Å². The third-order valence-electron chi connectivity index (χ3n) is 5.80. The molecule has 1 fully saturated rings. The number of para-hydroxylation sites is 2. The average Bonchev–Trinajstić information content (AvgIpc) is 2.80. The third kappa shape index (κ3) is 6.23. The van der Waals surface area contributed by atoms with Gasteiger partial charge in [-0.2, -0.15) is 0 Å². The maximum absolute atomic E-state index is 12.9. The van der Waals surface area contributed by atoms with E-state index in [-0.39, 0.29) is 11.8 Å². The van der Waals surface area contributed by atoms with Crippen LogP contribution in [-0.2, 0) is 11.2 Å². The van der Waals surface area contributed by atoms with Crippen molar-refractivity contribution >= 4 is 11.6 Å².